The van der Waals surface area contributed by atoms with E-state index in [1.54, 1.807) is 12.3 Å². The van der Waals surface area contributed by atoms with E-state index in [-0.39, 0.29) is 5.75 Å². The third kappa shape index (κ3) is 4.84. The van der Waals surface area contributed by atoms with Crippen LogP contribution >= 0.6 is 0 Å². The number of rotatable bonds is 6. The van der Waals surface area contributed by atoms with E-state index in [9.17, 15) is 9.18 Å². The summed E-state index contributed by atoms with van der Waals surface area (Å²) < 4.78 is 20.6. The number of aromatic nitrogens is 2. The zero-order chi connectivity index (χ0) is 19.2. The predicted molar refractivity (Wildman–Crippen MR) is 101 cm³/mol. The van der Waals surface area contributed by atoms with Crippen LogP contribution in [0.4, 0.5) is 14.9 Å². The van der Waals surface area contributed by atoms with Crippen molar-refractivity contribution in [3.05, 3.63) is 77.6 Å². The molecule has 140 valence electrons. The fourth-order valence-corrected chi connectivity index (χ4v) is 2.71. The quantitative estimate of drug-likeness (QED) is 0.697. The molecule has 0 atom stereocenters. The van der Waals surface area contributed by atoms with E-state index < -0.39 is 11.8 Å². The van der Waals surface area contributed by atoms with Gasteiger partial charge in [0, 0.05) is 37.2 Å². The number of methoxy groups -OCH3 is 1. The molecule has 0 radical (unpaired) electrons. The second-order valence-corrected chi connectivity index (χ2v) is 6.08. The summed E-state index contributed by atoms with van der Waals surface area (Å²) in [6.07, 6.45) is 3.70. The van der Waals surface area contributed by atoms with Crippen LogP contribution in [0, 0.1) is 12.7 Å². The molecule has 0 aliphatic carbocycles. The summed E-state index contributed by atoms with van der Waals surface area (Å²) in [5.74, 6) is 0.549. The van der Waals surface area contributed by atoms with Crippen molar-refractivity contribution in [3.63, 3.8) is 0 Å². The maximum absolute atomic E-state index is 13.7. The summed E-state index contributed by atoms with van der Waals surface area (Å²) >= 11 is 0. The Labute approximate surface area is 157 Å². The molecule has 0 spiro atoms. The molecular weight excluding hydrogens is 347 g/mol. The Morgan fingerprint density at radius 1 is 1.22 bits per heavy atom. The zero-order valence-electron chi connectivity index (χ0n) is 15.2. The normalized spacial score (nSPS) is 10.5. The van der Waals surface area contributed by atoms with Crippen LogP contribution in [0.1, 0.15) is 17.0 Å². The fraction of sp³-hybridized carbons (Fsp3) is 0.200. The maximum Gasteiger partial charge on any atom is 0.319 e. The first kappa shape index (κ1) is 18.4. The van der Waals surface area contributed by atoms with Crippen LogP contribution in [0.5, 0.6) is 5.75 Å². The van der Waals surface area contributed by atoms with Crippen molar-refractivity contribution in [3.8, 4) is 5.75 Å². The largest absolute Gasteiger partial charge is 0.494 e. The van der Waals surface area contributed by atoms with Crippen molar-refractivity contribution < 1.29 is 13.9 Å². The number of nitrogens with zero attached hydrogens (tertiary/aromatic N) is 2. The average Bonchev–Trinajstić information content (AvgIpc) is 3.05. The van der Waals surface area contributed by atoms with E-state index in [0.717, 1.165) is 23.5 Å². The highest BCUT2D eigenvalue weighted by molar-refractivity contribution is 5.89. The Bertz CT molecular complexity index is 939. The lowest BCUT2D eigenvalue weighted by atomic mass is 10.1. The highest BCUT2D eigenvalue weighted by Gasteiger charge is 2.07. The number of carbonyl (C=O) groups excluding carboxylic acids is 1. The molecule has 1 heterocycles. The van der Waals surface area contributed by atoms with Gasteiger partial charge in [0.15, 0.2) is 11.6 Å². The van der Waals surface area contributed by atoms with Gasteiger partial charge in [0.2, 0.25) is 0 Å². The molecule has 2 amide bonds. The minimum absolute atomic E-state index is 0.130. The molecule has 3 rings (SSSR count). The molecule has 0 aliphatic heterocycles. The van der Waals surface area contributed by atoms with Crippen molar-refractivity contribution in [2.45, 2.75) is 20.0 Å². The first-order chi connectivity index (χ1) is 13.0. The number of amides is 2. The van der Waals surface area contributed by atoms with Crippen LogP contribution in [-0.2, 0) is 13.1 Å². The van der Waals surface area contributed by atoms with E-state index in [1.165, 1.54) is 19.2 Å². The SMILES string of the molecule is COc1ccc(NC(=O)NCc2cccc(Cn3ccnc3C)c2)cc1F. The lowest BCUT2D eigenvalue weighted by Gasteiger charge is -2.10. The number of urea groups is 1. The molecule has 7 heteroatoms. The lowest BCUT2D eigenvalue weighted by molar-refractivity contribution is 0.251. The number of ether oxygens (including phenoxy) is 1. The number of aryl methyl sites for hydroxylation is 1. The average molecular weight is 368 g/mol. The number of imidazole rings is 1. The Kier molecular flexibility index (Phi) is 5.71. The molecule has 0 fully saturated rings. The maximum atomic E-state index is 13.7. The number of halogens is 1. The highest BCUT2D eigenvalue weighted by atomic mass is 19.1. The van der Waals surface area contributed by atoms with E-state index >= 15 is 0 Å². The van der Waals surface area contributed by atoms with Gasteiger partial charge >= 0.3 is 6.03 Å². The molecule has 0 saturated heterocycles. The topological polar surface area (TPSA) is 68.2 Å². The summed E-state index contributed by atoms with van der Waals surface area (Å²) in [4.78, 5) is 16.3. The number of nitrogens with one attached hydrogen (secondary N) is 2. The molecule has 0 aliphatic rings. The van der Waals surface area contributed by atoms with Gasteiger partial charge in [-0.3, -0.25) is 0 Å². The van der Waals surface area contributed by atoms with Gasteiger partial charge in [-0.2, -0.15) is 0 Å². The summed E-state index contributed by atoms with van der Waals surface area (Å²) in [6.45, 7) is 3.04. The Hall–Kier alpha value is -3.35. The molecule has 3 aromatic rings. The van der Waals surface area contributed by atoms with Crippen LogP contribution < -0.4 is 15.4 Å². The van der Waals surface area contributed by atoms with Gasteiger partial charge < -0.3 is 19.9 Å². The molecule has 2 N–H and O–H groups in total. The third-order valence-corrected chi connectivity index (χ3v) is 4.13. The van der Waals surface area contributed by atoms with Gasteiger partial charge in [0.25, 0.3) is 0 Å². The summed E-state index contributed by atoms with van der Waals surface area (Å²) in [6, 6.07) is 11.8. The van der Waals surface area contributed by atoms with Gasteiger partial charge in [0.05, 0.1) is 7.11 Å². The molecule has 0 unspecified atom stereocenters. The van der Waals surface area contributed by atoms with Gasteiger partial charge in [0.1, 0.15) is 5.82 Å². The Morgan fingerprint density at radius 2 is 2.04 bits per heavy atom. The minimum Gasteiger partial charge on any atom is -0.494 e. The number of hydrogen-bond acceptors (Lipinski definition) is 3. The van der Waals surface area contributed by atoms with Gasteiger partial charge in [-0.25, -0.2) is 14.2 Å². The highest BCUT2D eigenvalue weighted by Crippen LogP contribution is 2.20. The van der Waals surface area contributed by atoms with E-state index in [0.29, 0.717) is 12.2 Å². The van der Waals surface area contributed by atoms with Gasteiger partial charge in [-0.15, -0.1) is 0 Å². The van der Waals surface area contributed by atoms with Crippen LogP contribution in [0.2, 0.25) is 0 Å². The van der Waals surface area contributed by atoms with Crippen LogP contribution in [-0.4, -0.2) is 22.7 Å². The summed E-state index contributed by atoms with van der Waals surface area (Å²) in [5, 5.41) is 5.37. The second-order valence-electron chi connectivity index (χ2n) is 6.08. The smallest absolute Gasteiger partial charge is 0.319 e. The summed E-state index contributed by atoms with van der Waals surface area (Å²) in [5.41, 5.74) is 2.45. The number of hydrogen-bond donors (Lipinski definition) is 2. The fourth-order valence-electron chi connectivity index (χ4n) is 2.71. The predicted octanol–water partition coefficient (Wildman–Crippen LogP) is 3.71. The molecule has 27 heavy (non-hydrogen) atoms. The molecule has 2 aromatic carbocycles. The molecule has 6 nitrogen and oxygen atoms in total. The van der Waals surface area contributed by atoms with Crippen molar-refractivity contribution in [1.29, 1.82) is 0 Å². The van der Waals surface area contributed by atoms with Crippen LogP contribution in [0.3, 0.4) is 0 Å². The Morgan fingerprint density at radius 3 is 2.74 bits per heavy atom. The van der Waals surface area contributed by atoms with Crippen molar-refractivity contribution >= 4 is 11.7 Å². The number of anilines is 1. The first-order valence-electron chi connectivity index (χ1n) is 8.49. The summed E-state index contributed by atoms with van der Waals surface area (Å²) in [7, 11) is 1.39. The minimum atomic E-state index is -0.530. The van der Waals surface area contributed by atoms with Crippen LogP contribution in [0.25, 0.3) is 0 Å². The second kappa shape index (κ2) is 8.35. The molecule has 1 aromatic heterocycles. The van der Waals surface area contributed by atoms with Crippen molar-refractivity contribution in [1.82, 2.24) is 14.9 Å². The standard InChI is InChI=1S/C20H21FN4O2/c1-14-22-8-9-25(14)13-16-5-3-4-15(10-16)12-23-20(26)24-17-6-7-19(27-2)18(21)11-17/h3-11H,12-13H2,1-2H3,(H2,23,24,26). The van der Waals surface area contributed by atoms with Gasteiger partial charge in [-0.1, -0.05) is 24.3 Å². The van der Waals surface area contributed by atoms with Crippen LogP contribution in [0.15, 0.2) is 54.9 Å². The monoisotopic (exact) mass is 368 g/mol. The van der Waals surface area contributed by atoms with E-state index in [1.807, 2.05) is 37.4 Å². The number of benzene rings is 2. The molecular formula is C20H21FN4O2. The number of carbonyl (C=O) groups is 1. The van der Waals surface area contributed by atoms with E-state index in [4.69, 9.17) is 4.74 Å². The Balaban J connectivity index is 1.56. The zero-order valence-corrected chi connectivity index (χ0v) is 15.2. The molecule has 0 bridgehead atoms. The van der Waals surface area contributed by atoms with E-state index in [2.05, 4.69) is 20.2 Å². The van der Waals surface area contributed by atoms with Gasteiger partial charge in [-0.05, 0) is 30.2 Å². The molecule has 0 saturated carbocycles. The first-order valence-corrected chi connectivity index (χ1v) is 8.49. The lowest BCUT2D eigenvalue weighted by Crippen LogP contribution is -2.28. The van der Waals surface area contributed by atoms with Crippen molar-refractivity contribution in [2.24, 2.45) is 0 Å². The van der Waals surface area contributed by atoms with Crippen molar-refractivity contribution in [2.75, 3.05) is 12.4 Å². The third-order valence-electron chi connectivity index (χ3n) is 4.13.